The standard InChI is InChI=1S/C11H12BF3O/c1-6(3-11(12)16)2-7-4-9(14)10(15)5-8(7)13/h4-6H,2-3,12H2,1H3/t6-/m1/s1. The van der Waals surface area contributed by atoms with Crippen molar-refractivity contribution in [2.75, 3.05) is 0 Å². The van der Waals surface area contributed by atoms with Gasteiger partial charge in [0.25, 0.3) is 0 Å². The second kappa shape index (κ2) is 5.19. The Bertz CT molecular complexity index is 406. The fourth-order valence-corrected chi connectivity index (χ4v) is 1.66. The lowest BCUT2D eigenvalue weighted by molar-refractivity contribution is -0.112. The average molecular weight is 228 g/mol. The van der Waals surface area contributed by atoms with E-state index in [4.69, 9.17) is 0 Å². The van der Waals surface area contributed by atoms with Crippen molar-refractivity contribution in [1.29, 1.82) is 0 Å². The van der Waals surface area contributed by atoms with Crippen LogP contribution in [0.3, 0.4) is 0 Å². The second-order valence-electron chi connectivity index (χ2n) is 4.07. The molecule has 1 atom stereocenters. The van der Waals surface area contributed by atoms with Crippen LogP contribution in [-0.4, -0.2) is 13.5 Å². The van der Waals surface area contributed by atoms with Gasteiger partial charge in [0.15, 0.2) is 19.5 Å². The first-order valence-corrected chi connectivity index (χ1v) is 5.03. The smallest absolute Gasteiger partial charge is 0.187 e. The summed E-state index contributed by atoms with van der Waals surface area (Å²) in [6.07, 6.45) is 0.529. The summed E-state index contributed by atoms with van der Waals surface area (Å²) in [5.74, 6) is -3.11. The molecule has 0 amide bonds. The lowest BCUT2D eigenvalue weighted by Gasteiger charge is -2.10. The predicted octanol–water partition coefficient (Wildman–Crippen LogP) is 1.83. The Labute approximate surface area is 93.1 Å². The largest absolute Gasteiger partial charge is 0.312 e. The molecule has 0 heterocycles. The highest BCUT2D eigenvalue weighted by Crippen LogP contribution is 2.18. The maximum Gasteiger partial charge on any atom is 0.187 e. The molecule has 0 N–H and O–H groups in total. The van der Waals surface area contributed by atoms with E-state index < -0.39 is 17.5 Å². The number of hydrogen-bond acceptors (Lipinski definition) is 1. The van der Waals surface area contributed by atoms with Crippen LogP contribution in [0.15, 0.2) is 12.1 Å². The van der Waals surface area contributed by atoms with E-state index in [0.29, 0.717) is 12.5 Å². The molecule has 5 heteroatoms. The van der Waals surface area contributed by atoms with Crippen LogP contribution in [0.2, 0.25) is 0 Å². The predicted molar refractivity (Wildman–Crippen MR) is 57.4 cm³/mol. The van der Waals surface area contributed by atoms with Crippen molar-refractivity contribution >= 4 is 13.5 Å². The summed E-state index contributed by atoms with van der Waals surface area (Å²) < 4.78 is 38.7. The van der Waals surface area contributed by atoms with Gasteiger partial charge >= 0.3 is 0 Å². The van der Waals surface area contributed by atoms with Crippen molar-refractivity contribution in [2.45, 2.75) is 19.8 Å². The minimum Gasteiger partial charge on any atom is -0.312 e. The molecule has 0 fully saturated rings. The minimum atomic E-state index is -1.19. The molecule has 0 aliphatic rings. The van der Waals surface area contributed by atoms with Crippen molar-refractivity contribution < 1.29 is 18.0 Å². The second-order valence-corrected chi connectivity index (χ2v) is 4.07. The van der Waals surface area contributed by atoms with Crippen molar-refractivity contribution in [3.8, 4) is 0 Å². The summed E-state index contributed by atoms with van der Waals surface area (Å²) in [6, 6.07) is 1.38. The third kappa shape index (κ3) is 3.40. The molecule has 16 heavy (non-hydrogen) atoms. The number of hydrogen-bond donors (Lipinski definition) is 0. The van der Waals surface area contributed by atoms with Gasteiger partial charge < -0.3 is 4.79 Å². The van der Waals surface area contributed by atoms with Crippen LogP contribution in [0, 0.1) is 23.4 Å². The van der Waals surface area contributed by atoms with E-state index >= 15 is 0 Å². The maximum atomic E-state index is 13.2. The molecule has 1 rings (SSSR count). The van der Waals surface area contributed by atoms with E-state index in [1.165, 1.54) is 7.85 Å². The van der Waals surface area contributed by atoms with Gasteiger partial charge in [0, 0.05) is 6.07 Å². The normalized spacial score (nSPS) is 12.5. The summed E-state index contributed by atoms with van der Waals surface area (Å²) in [7, 11) is 1.44. The molecule has 0 aliphatic heterocycles. The number of rotatable bonds is 4. The molecule has 0 spiro atoms. The quantitative estimate of drug-likeness (QED) is 0.567. The van der Waals surface area contributed by atoms with Gasteiger partial charge in [-0.15, -0.1) is 0 Å². The molecule has 86 valence electrons. The van der Waals surface area contributed by atoms with E-state index in [-0.39, 0.29) is 23.6 Å². The van der Waals surface area contributed by atoms with E-state index in [1.807, 2.05) is 0 Å². The molecule has 0 radical (unpaired) electrons. The zero-order chi connectivity index (χ0) is 12.3. The number of carbonyl (C=O) groups is 1. The summed E-state index contributed by atoms with van der Waals surface area (Å²) in [6.45, 7) is 1.77. The minimum absolute atomic E-state index is 0.00417. The summed E-state index contributed by atoms with van der Waals surface area (Å²) in [4.78, 5) is 10.8. The molecule has 0 saturated carbocycles. The molecule has 0 aromatic heterocycles. The van der Waals surface area contributed by atoms with Crippen LogP contribution in [0.4, 0.5) is 13.2 Å². The van der Waals surface area contributed by atoms with Gasteiger partial charge in [-0.1, -0.05) is 6.92 Å². The fraction of sp³-hybridized carbons (Fsp3) is 0.364. The van der Waals surface area contributed by atoms with Gasteiger partial charge in [-0.2, -0.15) is 0 Å². The van der Waals surface area contributed by atoms with Gasteiger partial charge in [0.1, 0.15) is 5.82 Å². The highest BCUT2D eigenvalue weighted by atomic mass is 19.2. The number of benzene rings is 1. The Hall–Kier alpha value is -1.26. The molecule has 0 bridgehead atoms. The SMILES string of the molecule is BC(=O)C[C@H](C)Cc1cc(F)c(F)cc1F. The van der Waals surface area contributed by atoms with Crippen LogP contribution in [0.25, 0.3) is 0 Å². The number of halogens is 3. The first-order valence-electron chi connectivity index (χ1n) is 5.03. The third-order valence-electron chi connectivity index (χ3n) is 2.29. The zero-order valence-electron chi connectivity index (χ0n) is 9.19. The lowest BCUT2D eigenvalue weighted by Crippen LogP contribution is -2.09. The Morgan fingerprint density at radius 2 is 1.81 bits per heavy atom. The Morgan fingerprint density at radius 1 is 1.25 bits per heavy atom. The van der Waals surface area contributed by atoms with Crippen LogP contribution >= 0.6 is 0 Å². The van der Waals surface area contributed by atoms with Gasteiger partial charge in [0.05, 0.1) is 5.68 Å². The Morgan fingerprint density at radius 3 is 2.38 bits per heavy atom. The van der Waals surface area contributed by atoms with Crippen LogP contribution in [0.5, 0.6) is 0 Å². The van der Waals surface area contributed by atoms with Crippen molar-refractivity contribution in [1.82, 2.24) is 0 Å². The molecule has 1 aromatic carbocycles. The highest BCUT2D eigenvalue weighted by molar-refractivity contribution is 6.57. The van der Waals surface area contributed by atoms with Gasteiger partial charge in [0.2, 0.25) is 0 Å². The molecule has 1 nitrogen and oxygen atoms in total. The Kier molecular flexibility index (Phi) is 4.15. The third-order valence-corrected chi connectivity index (χ3v) is 2.29. The highest BCUT2D eigenvalue weighted by Gasteiger charge is 2.13. The summed E-state index contributed by atoms with van der Waals surface area (Å²) in [5.41, 5.74) is 0.100. The molecule has 0 aliphatic carbocycles. The van der Waals surface area contributed by atoms with Crippen LogP contribution in [-0.2, 0) is 11.2 Å². The average Bonchev–Trinajstić information content (AvgIpc) is 2.12. The van der Waals surface area contributed by atoms with Gasteiger partial charge in [-0.25, -0.2) is 13.2 Å². The monoisotopic (exact) mass is 228 g/mol. The summed E-state index contributed by atoms with van der Waals surface area (Å²) >= 11 is 0. The molecule has 0 unspecified atom stereocenters. The maximum absolute atomic E-state index is 13.2. The molecule has 1 aromatic rings. The van der Waals surface area contributed by atoms with Crippen molar-refractivity contribution in [2.24, 2.45) is 5.92 Å². The Balaban J connectivity index is 2.81. The first kappa shape index (κ1) is 12.8. The van der Waals surface area contributed by atoms with Crippen molar-refractivity contribution in [3.05, 3.63) is 35.1 Å². The number of carbonyl (C=O) groups excluding carboxylic acids is 1. The first-order chi connectivity index (χ1) is 7.40. The topological polar surface area (TPSA) is 17.1 Å². The van der Waals surface area contributed by atoms with E-state index in [9.17, 15) is 18.0 Å². The van der Waals surface area contributed by atoms with E-state index in [1.54, 1.807) is 6.92 Å². The van der Waals surface area contributed by atoms with Crippen LogP contribution in [0.1, 0.15) is 18.9 Å². The van der Waals surface area contributed by atoms with Crippen LogP contribution < -0.4 is 0 Å². The molecular weight excluding hydrogens is 216 g/mol. The summed E-state index contributed by atoms with van der Waals surface area (Å²) in [5, 5.41) is 0. The van der Waals surface area contributed by atoms with E-state index in [0.717, 1.165) is 6.07 Å². The fourth-order valence-electron chi connectivity index (χ4n) is 1.66. The van der Waals surface area contributed by atoms with E-state index in [2.05, 4.69) is 0 Å². The van der Waals surface area contributed by atoms with Gasteiger partial charge in [-0.3, -0.25) is 0 Å². The molecular formula is C11H12BF3O. The van der Waals surface area contributed by atoms with Gasteiger partial charge in [-0.05, 0) is 30.4 Å². The molecule has 0 saturated heterocycles. The van der Waals surface area contributed by atoms with Crippen molar-refractivity contribution in [3.63, 3.8) is 0 Å². The lowest BCUT2D eigenvalue weighted by atomic mass is 9.89. The zero-order valence-corrected chi connectivity index (χ0v) is 9.19.